The Labute approximate surface area is 366 Å². The molecule has 59 heavy (non-hydrogen) atoms. The van der Waals surface area contributed by atoms with Crippen molar-refractivity contribution in [1.82, 2.24) is 0 Å². The van der Waals surface area contributed by atoms with E-state index < -0.39 is 6.10 Å². The van der Waals surface area contributed by atoms with Gasteiger partial charge < -0.3 is 14.6 Å². The Morgan fingerprint density at radius 2 is 0.763 bits per heavy atom. The summed E-state index contributed by atoms with van der Waals surface area (Å²) in [4.78, 5) is 12.3. The number of unbranched alkanes of at least 4 members (excludes halogenated alkanes) is 21. The summed E-state index contributed by atoms with van der Waals surface area (Å²) < 4.78 is 11.2. The van der Waals surface area contributed by atoms with Gasteiger partial charge in [-0.1, -0.05) is 214 Å². The van der Waals surface area contributed by atoms with Crippen molar-refractivity contribution >= 4 is 5.97 Å². The van der Waals surface area contributed by atoms with Gasteiger partial charge in [-0.15, -0.1) is 0 Å². The Bertz CT molecular complexity index is 1090. The number of hydrogen-bond acceptors (Lipinski definition) is 4. The first-order valence-electron chi connectivity index (χ1n) is 24.8. The van der Waals surface area contributed by atoms with Gasteiger partial charge in [0, 0.05) is 13.0 Å². The largest absolute Gasteiger partial charge is 0.457 e. The van der Waals surface area contributed by atoms with Crippen molar-refractivity contribution in [3.8, 4) is 0 Å². The number of carbonyl (C=O) groups excluding carboxylic acids is 1. The second kappa shape index (κ2) is 51.5. The van der Waals surface area contributed by atoms with Crippen LogP contribution in [-0.2, 0) is 14.3 Å². The number of aliphatic hydroxyl groups excluding tert-OH is 1. The number of aliphatic hydroxyl groups is 1. The fourth-order valence-corrected chi connectivity index (χ4v) is 6.71. The zero-order chi connectivity index (χ0) is 42.6. The molecule has 0 aliphatic heterocycles. The normalized spacial score (nSPS) is 13.2. The van der Waals surface area contributed by atoms with Gasteiger partial charge in [-0.2, -0.15) is 0 Å². The third-order valence-electron chi connectivity index (χ3n) is 10.4. The molecular formula is C55H94O4. The number of carbonyl (C=O) groups is 1. The molecule has 0 amide bonds. The molecule has 0 heterocycles. The summed E-state index contributed by atoms with van der Waals surface area (Å²) >= 11 is 0. The van der Waals surface area contributed by atoms with Crippen molar-refractivity contribution in [2.24, 2.45) is 0 Å². The zero-order valence-electron chi connectivity index (χ0n) is 38.7. The van der Waals surface area contributed by atoms with Gasteiger partial charge in [-0.3, -0.25) is 4.79 Å². The highest BCUT2D eigenvalue weighted by Gasteiger charge is 2.13. The van der Waals surface area contributed by atoms with Crippen LogP contribution in [-0.4, -0.2) is 37.0 Å². The highest BCUT2D eigenvalue weighted by atomic mass is 16.6. The second-order valence-electron chi connectivity index (χ2n) is 16.2. The van der Waals surface area contributed by atoms with Crippen molar-refractivity contribution in [3.05, 3.63) is 97.2 Å². The average molecular weight is 819 g/mol. The van der Waals surface area contributed by atoms with Gasteiger partial charge in [0.2, 0.25) is 0 Å². The van der Waals surface area contributed by atoms with E-state index in [0.29, 0.717) is 13.0 Å². The van der Waals surface area contributed by atoms with Crippen LogP contribution in [0.15, 0.2) is 97.2 Å². The quantitative estimate of drug-likeness (QED) is 0.0378. The van der Waals surface area contributed by atoms with Crippen molar-refractivity contribution in [2.45, 2.75) is 225 Å². The zero-order valence-corrected chi connectivity index (χ0v) is 38.7. The molecule has 0 aromatic carbocycles. The summed E-state index contributed by atoms with van der Waals surface area (Å²) in [6, 6.07) is 0. The number of ether oxygens (including phenoxy) is 2. The highest BCUT2D eigenvalue weighted by Crippen LogP contribution is 2.13. The number of allylic oxidation sites excluding steroid dienone is 16. The Balaban J connectivity index is 3.49. The number of esters is 1. The maximum absolute atomic E-state index is 12.3. The van der Waals surface area contributed by atoms with E-state index in [4.69, 9.17) is 9.47 Å². The molecule has 1 atom stereocenters. The molecule has 0 aromatic heterocycles. The van der Waals surface area contributed by atoms with Gasteiger partial charge in [0.05, 0.1) is 13.2 Å². The average Bonchev–Trinajstić information content (AvgIpc) is 3.24. The highest BCUT2D eigenvalue weighted by molar-refractivity contribution is 5.69. The first kappa shape index (κ1) is 56.3. The van der Waals surface area contributed by atoms with E-state index in [2.05, 4.69) is 111 Å². The molecule has 0 bridgehead atoms. The molecule has 1 N–H and O–H groups in total. The minimum absolute atomic E-state index is 0.186. The molecule has 0 fully saturated rings. The minimum atomic E-state index is -0.554. The van der Waals surface area contributed by atoms with Gasteiger partial charge in [-0.05, 0) is 96.3 Å². The van der Waals surface area contributed by atoms with E-state index >= 15 is 0 Å². The van der Waals surface area contributed by atoms with E-state index in [-0.39, 0.29) is 19.2 Å². The molecule has 0 aliphatic carbocycles. The summed E-state index contributed by atoms with van der Waals surface area (Å²) in [5, 5.41) is 9.64. The summed E-state index contributed by atoms with van der Waals surface area (Å²) in [5.74, 6) is -0.222. The van der Waals surface area contributed by atoms with Crippen LogP contribution in [0.25, 0.3) is 0 Å². The maximum Gasteiger partial charge on any atom is 0.306 e. The third-order valence-corrected chi connectivity index (χ3v) is 10.4. The molecule has 0 radical (unpaired) electrons. The van der Waals surface area contributed by atoms with Crippen molar-refractivity contribution in [1.29, 1.82) is 0 Å². The molecule has 0 aromatic rings. The van der Waals surface area contributed by atoms with Crippen molar-refractivity contribution in [3.63, 3.8) is 0 Å². The van der Waals surface area contributed by atoms with E-state index in [9.17, 15) is 9.90 Å². The summed E-state index contributed by atoms with van der Waals surface area (Å²) in [6.45, 7) is 5.19. The van der Waals surface area contributed by atoms with Crippen LogP contribution in [0.2, 0.25) is 0 Å². The fraction of sp³-hybridized carbons (Fsp3) is 0.691. The van der Waals surface area contributed by atoms with E-state index in [1.54, 1.807) is 0 Å². The van der Waals surface area contributed by atoms with Gasteiger partial charge in [0.25, 0.3) is 0 Å². The molecule has 0 aliphatic rings. The van der Waals surface area contributed by atoms with Gasteiger partial charge in [0.1, 0.15) is 6.10 Å². The van der Waals surface area contributed by atoms with Gasteiger partial charge >= 0.3 is 5.97 Å². The van der Waals surface area contributed by atoms with E-state index in [0.717, 1.165) is 77.0 Å². The van der Waals surface area contributed by atoms with Gasteiger partial charge in [-0.25, -0.2) is 0 Å². The SMILES string of the molecule is CC/C=C\C/C=C\C/C=C\C/C=C\C/C=C\CCCCCCCC(=O)OC(CO)COCCCCCCCCCCCCC/C=C\C/C=C\C/C=C\CCCCCCC. The van der Waals surface area contributed by atoms with E-state index in [1.807, 2.05) is 0 Å². The monoisotopic (exact) mass is 819 g/mol. The first-order valence-corrected chi connectivity index (χ1v) is 24.8. The molecule has 0 spiro atoms. The predicted octanol–water partition coefficient (Wildman–Crippen LogP) is 16.9. The maximum atomic E-state index is 12.3. The topological polar surface area (TPSA) is 55.8 Å². The fourth-order valence-electron chi connectivity index (χ4n) is 6.71. The lowest BCUT2D eigenvalue weighted by molar-refractivity contribution is -0.154. The van der Waals surface area contributed by atoms with Crippen LogP contribution in [0.4, 0.5) is 0 Å². The number of hydrogen-bond donors (Lipinski definition) is 1. The van der Waals surface area contributed by atoms with Gasteiger partial charge in [0.15, 0.2) is 0 Å². The first-order chi connectivity index (χ1) is 29.2. The van der Waals surface area contributed by atoms with E-state index in [1.165, 1.54) is 122 Å². The summed E-state index contributed by atoms with van der Waals surface area (Å²) in [7, 11) is 0. The van der Waals surface area contributed by atoms with Crippen LogP contribution in [0, 0.1) is 0 Å². The predicted molar refractivity (Wildman–Crippen MR) is 260 cm³/mol. The summed E-state index contributed by atoms with van der Waals surface area (Å²) in [5.41, 5.74) is 0. The van der Waals surface area contributed by atoms with Crippen molar-refractivity contribution in [2.75, 3.05) is 19.8 Å². The summed E-state index contributed by atoms with van der Waals surface area (Å²) in [6.07, 6.45) is 73.4. The molecule has 4 heteroatoms. The molecule has 1 unspecified atom stereocenters. The van der Waals surface area contributed by atoms with Crippen LogP contribution in [0.5, 0.6) is 0 Å². The molecule has 4 nitrogen and oxygen atoms in total. The molecule has 338 valence electrons. The van der Waals surface area contributed by atoms with Crippen LogP contribution >= 0.6 is 0 Å². The molecule has 0 rings (SSSR count). The third kappa shape index (κ3) is 49.6. The van der Waals surface area contributed by atoms with Crippen molar-refractivity contribution < 1.29 is 19.4 Å². The lowest BCUT2D eigenvalue weighted by Gasteiger charge is -2.15. The smallest absolute Gasteiger partial charge is 0.306 e. The molecule has 0 saturated carbocycles. The Kier molecular flexibility index (Phi) is 49.1. The Morgan fingerprint density at radius 1 is 0.424 bits per heavy atom. The Hall–Kier alpha value is -2.69. The van der Waals surface area contributed by atoms with Crippen LogP contribution in [0.3, 0.4) is 0 Å². The Morgan fingerprint density at radius 3 is 1.15 bits per heavy atom. The standard InChI is InChI=1S/C55H94O4/c1-3-5-7-9-11-13-15-17-19-21-23-25-26-27-28-29-31-33-35-37-39-41-43-45-47-49-51-58-53-54(52-56)59-55(57)50-48-46-44-42-40-38-36-34-32-30-24-22-20-18-16-14-12-10-8-6-4-2/h6,8,12,14-15,17-18,20-21,23-24,26-27,30,34,36,54,56H,3-5,7,9-11,13,16,19,22,25,28-29,31-33,35,37-53H2,1-2H3/b8-6-,14-12-,17-15-,20-18-,23-21-,27-26-,30-24-,36-34-. The van der Waals surface area contributed by atoms with Crippen LogP contribution in [0.1, 0.15) is 219 Å². The lowest BCUT2D eigenvalue weighted by atomic mass is 10.1. The lowest BCUT2D eigenvalue weighted by Crippen LogP contribution is -2.27. The molecular weight excluding hydrogens is 725 g/mol. The minimum Gasteiger partial charge on any atom is -0.457 e. The second-order valence-corrected chi connectivity index (χ2v) is 16.2. The van der Waals surface area contributed by atoms with Crippen LogP contribution < -0.4 is 0 Å². The molecule has 0 saturated heterocycles. The number of rotatable bonds is 45.